The van der Waals surface area contributed by atoms with Crippen molar-refractivity contribution in [2.75, 3.05) is 5.32 Å². The van der Waals surface area contributed by atoms with Crippen LogP contribution in [0.2, 0.25) is 5.02 Å². The van der Waals surface area contributed by atoms with Crippen LogP contribution in [0, 0.1) is 0 Å². The fourth-order valence-electron chi connectivity index (χ4n) is 2.33. The Balaban J connectivity index is 1.60. The van der Waals surface area contributed by atoms with Gasteiger partial charge in [0.05, 0.1) is 0 Å². The van der Waals surface area contributed by atoms with Gasteiger partial charge in [-0.2, -0.15) is 0 Å². The van der Waals surface area contributed by atoms with Crippen LogP contribution < -0.4 is 15.4 Å². The molecule has 2 aromatic carbocycles. The third-order valence-corrected chi connectivity index (χ3v) is 4.30. The molecule has 2 amide bonds. The molecule has 0 unspecified atom stereocenters. The molecule has 0 aromatic heterocycles. The predicted molar refractivity (Wildman–Crippen MR) is 102 cm³/mol. The number of amides is 2. The second-order valence-corrected chi connectivity index (χ2v) is 7.28. The molecular formula is C20H21ClN2O3. The van der Waals surface area contributed by atoms with Crippen molar-refractivity contribution in [2.24, 2.45) is 0 Å². The zero-order valence-electron chi connectivity index (χ0n) is 14.7. The summed E-state index contributed by atoms with van der Waals surface area (Å²) in [7, 11) is 0. The summed E-state index contributed by atoms with van der Waals surface area (Å²) in [6.07, 6.45) is 2.09. The lowest BCUT2D eigenvalue weighted by Crippen LogP contribution is -2.42. The molecule has 3 rings (SSSR count). The Labute approximate surface area is 157 Å². The molecule has 0 spiro atoms. The standard InChI is InChI=1S/C20H21ClN2O3/c1-20(2,26-17-11-5-14(21)6-12-17)19(25)23-16-7-3-13(4-8-16)18(24)22-15-9-10-15/h3-8,11-12,15H,9-10H2,1-2H3,(H,22,24)(H,23,25). The fourth-order valence-corrected chi connectivity index (χ4v) is 2.45. The predicted octanol–water partition coefficient (Wildman–Crippen LogP) is 4.03. The van der Waals surface area contributed by atoms with E-state index in [4.69, 9.17) is 16.3 Å². The largest absolute Gasteiger partial charge is 0.478 e. The summed E-state index contributed by atoms with van der Waals surface area (Å²) >= 11 is 5.86. The zero-order chi connectivity index (χ0) is 18.7. The lowest BCUT2D eigenvalue weighted by atomic mass is 10.1. The van der Waals surface area contributed by atoms with Crippen LogP contribution in [0.5, 0.6) is 5.75 Å². The SMILES string of the molecule is CC(C)(Oc1ccc(Cl)cc1)C(=O)Nc1ccc(C(=O)NC2CC2)cc1. The first-order chi connectivity index (χ1) is 12.3. The van der Waals surface area contributed by atoms with Crippen molar-refractivity contribution in [1.29, 1.82) is 0 Å². The maximum Gasteiger partial charge on any atom is 0.267 e. The van der Waals surface area contributed by atoms with Gasteiger partial charge in [-0.15, -0.1) is 0 Å². The molecule has 0 bridgehead atoms. The number of rotatable bonds is 6. The van der Waals surface area contributed by atoms with Gasteiger partial charge in [-0.05, 0) is 75.2 Å². The topological polar surface area (TPSA) is 67.4 Å². The molecule has 136 valence electrons. The smallest absolute Gasteiger partial charge is 0.267 e. The average Bonchev–Trinajstić information content (AvgIpc) is 3.41. The van der Waals surface area contributed by atoms with E-state index in [0.717, 1.165) is 12.8 Å². The average molecular weight is 373 g/mol. The fraction of sp³-hybridized carbons (Fsp3) is 0.300. The molecule has 26 heavy (non-hydrogen) atoms. The molecule has 1 fully saturated rings. The van der Waals surface area contributed by atoms with Gasteiger partial charge < -0.3 is 15.4 Å². The first-order valence-electron chi connectivity index (χ1n) is 8.50. The highest BCUT2D eigenvalue weighted by molar-refractivity contribution is 6.30. The van der Waals surface area contributed by atoms with Crippen LogP contribution in [0.4, 0.5) is 5.69 Å². The number of benzene rings is 2. The summed E-state index contributed by atoms with van der Waals surface area (Å²) < 4.78 is 5.77. The van der Waals surface area contributed by atoms with Crippen LogP contribution in [0.25, 0.3) is 0 Å². The molecule has 2 N–H and O–H groups in total. The van der Waals surface area contributed by atoms with Gasteiger partial charge in [0.1, 0.15) is 5.75 Å². The Hall–Kier alpha value is -2.53. The van der Waals surface area contributed by atoms with Gasteiger partial charge >= 0.3 is 0 Å². The van der Waals surface area contributed by atoms with E-state index < -0.39 is 5.60 Å². The molecule has 0 radical (unpaired) electrons. The van der Waals surface area contributed by atoms with Crippen molar-refractivity contribution >= 4 is 29.1 Å². The normalized spacial score (nSPS) is 13.8. The number of nitrogens with one attached hydrogen (secondary N) is 2. The van der Waals surface area contributed by atoms with Gasteiger partial charge in [0.25, 0.3) is 11.8 Å². The molecule has 1 saturated carbocycles. The summed E-state index contributed by atoms with van der Waals surface area (Å²) in [5, 5.41) is 6.34. The van der Waals surface area contributed by atoms with Crippen LogP contribution in [0.1, 0.15) is 37.0 Å². The molecule has 6 heteroatoms. The molecule has 0 atom stereocenters. The van der Waals surface area contributed by atoms with E-state index in [1.165, 1.54) is 0 Å². The molecular weight excluding hydrogens is 352 g/mol. The van der Waals surface area contributed by atoms with Gasteiger partial charge in [-0.3, -0.25) is 9.59 Å². The highest BCUT2D eigenvalue weighted by Crippen LogP contribution is 2.23. The number of hydrogen-bond donors (Lipinski definition) is 2. The molecule has 0 aliphatic heterocycles. The Morgan fingerprint density at radius 3 is 2.23 bits per heavy atom. The van der Waals surface area contributed by atoms with Crippen LogP contribution in [0.3, 0.4) is 0 Å². The highest BCUT2D eigenvalue weighted by atomic mass is 35.5. The molecule has 0 heterocycles. The van der Waals surface area contributed by atoms with Crippen molar-refractivity contribution in [3.8, 4) is 5.75 Å². The second kappa shape index (κ2) is 7.38. The minimum Gasteiger partial charge on any atom is -0.478 e. The maximum atomic E-state index is 12.5. The summed E-state index contributed by atoms with van der Waals surface area (Å²) in [6, 6.07) is 14.0. The van der Waals surface area contributed by atoms with Gasteiger partial charge in [0, 0.05) is 22.3 Å². The van der Waals surface area contributed by atoms with Gasteiger partial charge in [-0.1, -0.05) is 11.6 Å². The molecule has 1 aliphatic rings. The minimum atomic E-state index is -1.07. The number of ether oxygens (including phenoxy) is 1. The number of hydrogen-bond acceptors (Lipinski definition) is 3. The van der Waals surface area contributed by atoms with Crippen LogP contribution in [-0.4, -0.2) is 23.5 Å². The van der Waals surface area contributed by atoms with Crippen molar-refractivity contribution < 1.29 is 14.3 Å². The van der Waals surface area contributed by atoms with E-state index in [9.17, 15) is 9.59 Å². The summed E-state index contributed by atoms with van der Waals surface area (Å²) in [6.45, 7) is 3.38. The van der Waals surface area contributed by atoms with Gasteiger partial charge in [0.2, 0.25) is 0 Å². The number of carbonyl (C=O) groups excluding carboxylic acids is 2. The monoisotopic (exact) mass is 372 g/mol. The van der Waals surface area contributed by atoms with Crippen molar-refractivity contribution in [1.82, 2.24) is 5.32 Å². The lowest BCUT2D eigenvalue weighted by Gasteiger charge is -2.25. The van der Waals surface area contributed by atoms with E-state index in [1.54, 1.807) is 62.4 Å². The van der Waals surface area contributed by atoms with Crippen LogP contribution in [0.15, 0.2) is 48.5 Å². The first-order valence-corrected chi connectivity index (χ1v) is 8.88. The van der Waals surface area contributed by atoms with E-state index in [1.807, 2.05) is 0 Å². The third-order valence-electron chi connectivity index (χ3n) is 4.05. The highest BCUT2D eigenvalue weighted by Gasteiger charge is 2.30. The number of halogens is 1. The van der Waals surface area contributed by atoms with Gasteiger partial charge in [0.15, 0.2) is 5.60 Å². The van der Waals surface area contributed by atoms with E-state index in [-0.39, 0.29) is 11.8 Å². The maximum absolute atomic E-state index is 12.5. The quantitative estimate of drug-likeness (QED) is 0.804. The molecule has 0 saturated heterocycles. The van der Waals surface area contributed by atoms with Crippen molar-refractivity contribution in [2.45, 2.75) is 38.3 Å². The van der Waals surface area contributed by atoms with Crippen LogP contribution >= 0.6 is 11.6 Å². The lowest BCUT2D eigenvalue weighted by molar-refractivity contribution is -0.128. The Morgan fingerprint density at radius 2 is 1.65 bits per heavy atom. The summed E-state index contributed by atoms with van der Waals surface area (Å²) in [5.41, 5.74) is 0.105. The Kier molecular flexibility index (Phi) is 5.18. The molecule has 1 aliphatic carbocycles. The van der Waals surface area contributed by atoms with Crippen molar-refractivity contribution in [3.05, 3.63) is 59.1 Å². The van der Waals surface area contributed by atoms with E-state index in [2.05, 4.69) is 10.6 Å². The molecule has 2 aromatic rings. The van der Waals surface area contributed by atoms with Crippen LogP contribution in [-0.2, 0) is 4.79 Å². The Bertz CT molecular complexity index is 797. The Morgan fingerprint density at radius 1 is 1.04 bits per heavy atom. The zero-order valence-corrected chi connectivity index (χ0v) is 15.5. The van der Waals surface area contributed by atoms with E-state index >= 15 is 0 Å². The summed E-state index contributed by atoms with van der Waals surface area (Å²) in [5.74, 6) is 0.182. The third kappa shape index (κ3) is 4.76. The summed E-state index contributed by atoms with van der Waals surface area (Å²) in [4.78, 5) is 24.5. The minimum absolute atomic E-state index is 0.0863. The van der Waals surface area contributed by atoms with E-state index in [0.29, 0.717) is 28.1 Å². The van der Waals surface area contributed by atoms with Crippen molar-refractivity contribution in [3.63, 3.8) is 0 Å². The molecule has 5 nitrogen and oxygen atoms in total. The van der Waals surface area contributed by atoms with Gasteiger partial charge in [-0.25, -0.2) is 0 Å². The first kappa shape index (κ1) is 18.3. The second-order valence-electron chi connectivity index (χ2n) is 6.85. The number of anilines is 1. The number of carbonyl (C=O) groups is 2.